The number of phenols is 1. The molecule has 6 atom stereocenters. The van der Waals surface area contributed by atoms with Crippen LogP contribution in [0, 0.1) is 17.8 Å². The van der Waals surface area contributed by atoms with Gasteiger partial charge in [0.15, 0.2) is 0 Å². The van der Waals surface area contributed by atoms with Gasteiger partial charge in [0, 0.05) is 9.47 Å². The summed E-state index contributed by atoms with van der Waals surface area (Å²) in [5, 5.41) is 20.5. The van der Waals surface area contributed by atoms with E-state index in [2.05, 4.69) is 22.5 Å². The van der Waals surface area contributed by atoms with E-state index >= 15 is 0 Å². The lowest BCUT2D eigenvalue weighted by molar-refractivity contribution is 0.101. The first-order chi connectivity index (χ1) is 10.1. The van der Waals surface area contributed by atoms with Crippen LogP contribution in [0.2, 0.25) is 0 Å². The molecule has 0 aromatic heterocycles. The average Bonchev–Trinajstić information content (AvgIpc) is 2.78. The fraction of sp³-hybridized carbons (Fsp3) is 0.647. The van der Waals surface area contributed by atoms with Gasteiger partial charge in [-0.05, 0) is 74.0 Å². The summed E-state index contributed by atoms with van der Waals surface area (Å²) in [4.78, 5) is 0. The summed E-state index contributed by atoms with van der Waals surface area (Å²) in [5.41, 5.74) is 2.37. The number of hydrogen-bond donors (Lipinski definition) is 2. The van der Waals surface area contributed by atoms with Crippen molar-refractivity contribution in [1.29, 1.82) is 0 Å². The lowest BCUT2D eigenvalue weighted by atomic mass is 9.73. The highest BCUT2D eigenvalue weighted by molar-refractivity contribution is 7.09. The molecule has 2 N–H and O–H groups in total. The van der Waals surface area contributed by atoms with Crippen molar-refractivity contribution in [1.82, 2.24) is 0 Å². The Bertz CT molecular complexity index is 505. The Morgan fingerprint density at radius 3 is 2.95 bits per heavy atom. The predicted octanol–water partition coefficient (Wildman–Crippen LogP) is 3.08. The number of aromatic hydroxyl groups is 1. The topological polar surface area (TPSA) is 49.7 Å². The molecule has 2 aliphatic rings. The van der Waals surface area contributed by atoms with Gasteiger partial charge < -0.3 is 14.7 Å². The first-order valence-electron chi connectivity index (χ1n) is 7.93. The van der Waals surface area contributed by atoms with Crippen molar-refractivity contribution in [2.24, 2.45) is 17.8 Å². The van der Waals surface area contributed by atoms with Gasteiger partial charge in [0.05, 0.1) is 12.2 Å². The first kappa shape index (κ1) is 15.3. The highest BCUT2D eigenvalue weighted by atomic mass is 31.0. The van der Waals surface area contributed by atoms with E-state index < -0.39 is 0 Å². The highest BCUT2D eigenvalue weighted by Gasteiger charge is 2.44. The molecule has 0 heterocycles. The smallest absolute Gasteiger partial charge is 0.119 e. The van der Waals surface area contributed by atoms with Gasteiger partial charge in [0.25, 0.3) is 0 Å². The van der Waals surface area contributed by atoms with Crippen LogP contribution in [0.1, 0.15) is 37.3 Å². The normalized spacial score (nSPS) is 32.5. The third-order valence-corrected chi connectivity index (χ3v) is 5.97. The van der Waals surface area contributed by atoms with E-state index in [0.717, 1.165) is 37.7 Å². The summed E-state index contributed by atoms with van der Waals surface area (Å²) in [6, 6.07) is 5.83. The zero-order valence-electron chi connectivity index (χ0n) is 12.5. The SMILES string of the molecule is C[C@@H](CC[C@@H]1[C@H]2Cc3cccc(O)c3C[C@H]2C[C@H]1O)OP. The van der Waals surface area contributed by atoms with E-state index in [1.165, 1.54) is 5.56 Å². The molecule has 3 nitrogen and oxygen atoms in total. The van der Waals surface area contributed by atoms with E-state index in [4.69, 9.17) is 4.52 Å². The Morgan fingerprint density at radius 2 is 2.19 bits per heavy atom. The maximum absolute atomic E-state index is 10.4. The van der Waals surface area contributed by atoms with Gasteiger partial charge in [0.1, 0.15) is 5.75 Å². The molecule has 116 valence electrons. The summed E-state index contributed by atoms with van der Waals surface area (Å²) in [5.74, 6) is 1.85. The molecule has 0 saturated heterocycles. The fourth-order valence-corrected chi connectivity index (χ4v) is 4.45. The molecular formula is C17H25O3P. The van der Waals surface area contributed by atoms with Gasteiger partial charge in [-0.25, -0.2) is 0 Å². The summed E-state index contributed by atoms with van der Waals surface area (Å²) in [6.45, 7) is 2.07. The summed E-state index contributed by atoms with van der Waals surface area (Å²) >= 11 is 0. The maximum Gasteiger partial charge on any atom is 0.119 e. The molecular weight excluding hydrogens is 283 g/mol. The van der Waals surface area contributed by atoms with E-state index in [9.17, 15) is 10.2 Å². The molecule has 2 aliphatic carbocycles. The van der Waals surface area contributed by atoms with Crippen LogP contribution < -0.4 is 0 Å². The zero-order valence-corrected chi connectivity index (χ0v) is 13.7. The van der Waals surface area contributed by atoms with Crippen LogP contribution in [0.15, 0.2) is 18.2 Å². The van der Waals surface area contributed by atoms with Crippen molar-refractivity contribution in [3.8, 4) is 5.75 Å². The minimum absolute atomic E-state index is 0.201. The summed E-state index contributed by atoms with van der Waals surface area (Å²) in [6.07, 6.45) is 4.81. The fourth-order valence-electron chi connectivity index (χ4n) is 4.31. The van der Waals surface area contributed by atoms with Gasteiger partial charge in [-0.3, -0.25) is 0 Å². The lowest BCUT2D eigenvalue weighted by Gasteiger charge is -2.32. The third-order valence-electron chi connectivity index (χ3n) is 5.50. The highest BCUT2D eigenvalue weighted by Crippen LogP contribution is 2.48. The number of hydrogen-bond acceptors (Lipinski definition) is 3. The van der Waals surface area contributed by atoms with Crippen molar-refractivity contribution in [3.05, 3.63) is 29.3 Å². The molecule has 1 aromatic rings. The van der Waals surface area contributed by atoms with Crippen molar-refractivity contribution >= 4 is 9.47 Å². The molecule has 21 heavy (non-hydrogen) atoms. The molecule has 3 rings (SSSR count). The third kappa shape index (κ3) is 2.97. The van der Waals surface area contributed by atoms with Crippen LogP contribution in [0.3, 0.4) is 0 Å². The number of rotatable bonds is 4. The van der Waals surface area contributed by atoms with Crippen molar-refractivity contribution in [2.75, 3.05) is 0 Å². The summed E-state index contributed by atoms with van der Waals surface area (Å²) in [7, 11) is 2.33. The number of aliphatic hydroxyl groups excluding tert-OH is 1. The van der Waals surface area contributed by atoms with Gasteiger partial charge in [-0.15, -0.1) is 0 Å². The number of benzene rings is 1. The minimum atomic E-state index is -0.201. The second kappa shape index (κ2) is 6.24. The largest absolute Gasteiger partial charge is 0.508 e. The van der Waals surface area contributed by atoms with Crippen molar-refractivity contribution in [3.63, 3.8) is 0 Å². The Morgan fingerprint density at radius 1 is 1.38 bits per heavy atom. The lowest BCUT2D eigenvalue weighted by Crippen LogP contribution is -2.27. The predicted molar refractivity (Wildman–Crippen MR) is 86.1 cm³/mol. The van der Waals surface area contributed by atoms with Gasteiger partial charge in [-0.1, -0.05) is 12.1 Å². The monoisotopic (exact) mass is 308 g/mol. The van der Waals surface area contributed by atoms with Crippen molar-refractivity contribution in [2.45, 2.75) is 51.2 Å². The average molecular weight is 308 g/mol. The summed E-state index contributed by atoms with van der Waals surface area (Å²) < 4.78 is 5.26. The van der Waals surface area contributed by atoms with Crippen LogP contribution in [-0.2, 0) is 17.4 Å². The Balaban J connectivity index is 1.75. The van der Waals surface area contributed by atoms with Gasteiger partial charge in [-0.2, -0.15) is 0 Å². The molecule has 0 aliphatic heterocycles. The van der Waals surface area contributed by atoms with Crippen LogP contribution in [-0.4, -0.2) is 22.4 Å². The number of aliphatic hydroxyl groups is 1. The maximum atomic E-state index is 10.4. The van der Waals surface area contributed by atoms with Crippen molar-refractivity contribution < 1.29 is 14.7 Å². The standard InChI is InChI=1S/C17H25O3P/c1-10(20-21)5-6-13-14-7-11-3-2-4-16(18)15(11)8-12(14)9-17(13)19/h2-4,10,12-14,17-19H,5-9,21H2,1H3/t10-,12-,13+,14-,17+/m0/s1. The van der Waals surface area contributed by atoms with E-state index in [0.29, 0.717) is 23.5 Å². The Labute approximate surface area is 129 Å². The second-order valence-corrected chi connectivity index (χ2v) is 7.01. The van der Waals surface area contributed by atoms with E-state index in [1.807, 2.05) is 6.07 Å². The zero-order chi connectivity index (χ0) is 15.0. The van der Waals surface area contributed by atoms with Gasteiger partial charge >= 0.3 is 0 Å². The number of fused-ring (bicyclic) bond motifs is 2. The van der Waals surface area contributed by atoms with Crippen LogP contribution in [0.5, 0.6) is 5.75 Å². The van der Waals surface area contributed by atoms with E-state index in [1.54, 1.807) is 6.07 Å². The molecule has 0 radical (unpaired) electrons. The Kier molecular flexibility index (Phi) is 4.54. The van der Waals surface area contributed by atoms with Crippen LogP contribution in [0.4, 0.5) is 0 Å². The molecule has 1 saturated carbocycles. The molecule has 1 unspecified atom stereocenters. The minimum Gasteiger partial charge on any atom is -0.508 e. The van der Waals surface area contributed by atoms with E-state index in [-0.39, 0.29) is 12.2 Å². The molecule has 0 bridgehead atoms. The molecule has 1 aromatic carbocycles. The molecule has 1 fully saturated rings. The van der Waals surface area contributed by atoms with Crippen LogP contribution >= 0.6 is 9.47 Å². The molecule has 0 spiro atoms. The molecule has 0 amide bonds. The number of phenolic OH excluding ortho intramolecular Hbond substituents is 1. The van der Waals surface area contributed by atoms with Gasteiger partial charge in [0.2, 0.25) is 0 Å². The first-order valence-corrected chi connectivity index (χ1v) is 8.40. The quantitative estimate of drug-likeness (QED) is 0.841. The molecule has 4 heteroatoms. The second-order valence-electron chi connectivity index (χ2n) is 6.74. The van der Waals surface area contributed by atoms with Crippen LogP contribution in [0.25, 0.3) is 0 Å². The Hall–Kier alpha value is -0.630.